The lowest BCUT2D eigenvalue weighted by Crippen LogP contribution is -2.18. The van der Waals surface area contributed by atoms with Crippen LogP contribution in [-0.4, -0.2) is 10.5 Å². The van der Waals surface area contributed by atoms with Gasteiger partial charge in [-0.3, -0.25) is 4.79 Å². The van der Waals surface area contributed by atoms with Crippen LogP contribution in [0.1, 0.15) is 17.0 Å². The number of thiazole rings is 1. The minimum atomic E-state index is -0.400. The molecule has 0 saturated carbocycles. The largest absolute Gasteiger partial charge is 0.319 e. The van der Waals surface area contributed by atoms with E-state index in [1.165, 1.54) is 11.3 Å². The molecule has 0 spiro atoms. The summed E-state index contributed by atoms with van der Waals surface area (Å²) in [6.45, 7) is 0. The Balaban J connectivity index is 1.83. The van der Waals surface area contributed by atoms with Crippen molar-refractivity contribution in [3.05, 3.63) is 101 Å². The molecule has 0 bridgehead atoms. The number of benzene rings is 3. The van der Waals surface area contributed by atoms with Gasteiger partial charge in [-0.05, 0) is 23.3 Å². The minimum absolute atomic E-state index is 0.149. The third-order valence-corrected chi connectivity index (χ3v) is 5.55. The average Bonchev–Trinajstić information content (AvgIpc) is 2.99. The zero-order valence-corrected chi connectivity index (χ0v) is 15.2. The molecule has 0 aliphatic carbocycles. The van der Waals surface area contributed by atoms with E-state index in [1.807, 2.05) is 90.5 Å². The van der Waals surface area contributed by atoms with Crippen LogP contribution in [0.3, 0.4) is 0 Å². The molecule has 0 atom stereocenters. The first-order chi connectivity index (χ1) is 12.7. The number of aryl methyl sites for hydroxylation is 1. The summed E-state index contributed by atoms with van der Waals surface area (Å²) in [4.78, 5) is 18.4. The molecule has 0 saturated heterocycles. The van der Waals surface area contributed by atoms with E-state index in [0.29, 0.717) is 4.80 Å². The molecule has 3 aromatic carbocycles. The molecule has 0 aliphatic heterocycles. The topological polar surface area (TPSA) is 34.4 Å². The van der Waals surface area contributed by atoms with E-state index >= 15 is 0 Å². The van der Waals surface area contributed by atoms with Crippen molar-refractivity contribution in [1.82, 2.24) is 4.57 Å². The van der Waals surface area contributed by atoms with Gasteiger partial charge in [0.2, 0.25) is 0 Å². The summed E-state index contributed by atoms with van der Waals surface area (Å²) in [7, 11) is 1.95. The quantitative estimate of drug-likeness (QED) is 0.531. The predicted octanol–water partition coefficient (Wildman–Crippen LogP) is 4.50. The average molecular weight is 358 g/mol. The number of carbonyl (C=O) groups is 1. The fourth-order valence-electron chi connectivity index (χ4n) is 3.12. The van der Waals surface area contributed by atoms with E-state index in [2.05, 4.69) is 11.1 Å². The van der Waals surface area contributed by atoms with Crippen LogP contribution in [0.5, 0.6) is 0 Å². The van der Waals surface area contributed by atoms with Gasteiger partial charge in [0.1, 0.15) is 0 Å². The smallest absolute Gasteiger partial charge is 0.260 e. The molecule has 4 aromatic rings. The highest BCUT2D eigenvalue weighted by atomic mass is 32.1. The van der Waals surface area contributed by atoms with Gasteiger partial charge in [0.25, 0.3) is 5.91 Å². The highest BCUT2D eigenvalue weighted by Crippen LogP contribution is 2.26. The lowest BCUT2D eigenvalue weighted by Gasteiger charge is -2.14. The number of nitrogens with zero attached hydrogens (tertiary/aromatic N) is 2. The Kier molecular flexibility index (Phi) is 4.50. The SMILES string of the molecule is Cn1c(=NC(=O)C(c2ccccc2)c2ccccc2)sc2ccccc21. The van der Waals surface area contributed by atoms with Crippen molar-refractivity contribution < 1.29 is 4.79 Å². The standard InChI is InChI=1S/C22H18N2OS/c1-24-18-14-8-9-15-19(18)26-22(24)23-21(25)20(16-10-4-2-5-11-16)17-12-6-3-7-13-17/h2-15,20H,1H3. The van der Waals surface area contributed by atoms with Gasteiger partial charge in [0.15, 0.2) is 4.80 Å². The molecule has 128 valence electrons. The van der Waals surface area contributed by atoms with E-state index in [4.69, 9.17) is 0 Å². The Morgan fingerprint density at radius 1 is 0.846 bits per heavy atom. The zero-order valence-electron chi connectivity index (χ0n) is 14.4. The Morgan fingerprint density at radius 2 is 1.38 bits per heavy atom. The molecular formula is C22H18N2OS. The fraction of sp³-hybridized carbons (Fsp3) is 0.0909. The molecule has 4 heteroatoms. The van der Waals surface area contributed by atoms with Gasteiger partial charge < -0.3 is 4.57 Å². The van der Waals surface area contributed by atoms with Crippen molar-refractivity contribution in [2.45, 2.75) is 5.92 Å². The Morgan fingerprint density at radius 3 is 1.96 bits per heavy atom. The van der Waals surface area contributed by atoms with Crippen LogP contribution in [0.15, 0.2) is 89.9 Å². The lowest BCUT2D eigenvalue weighted by molar-refractivity contribution is -0.118. The second-order valence-corrected chi connectivity index (χ2v) is 7.12. The van der Waals surface area contributed by atoms with Crippen molar-refractivity contribution in [3.8, 4) is 0 Å². The van der Waals surface area contributed by atoms with E-state index in [9.17, 15) is 4.79 Å². The van der Waals surface area contributed by atoms with Crippen LogP contribution in [0.25, 0.3) is 10.2 Å². The number of amides is 1. The zero-order chi connectivity index (χ0) is 17.9. The second-order valence-electron chi connectivity index (χ2n) is 6.12. The van der Waals surface area contributed by atoms with Gasteiger partial charge >= 0.3 is 0 Å². The number of aromatic nitrogens is 1. The van der Waals surface area contributed by atoms with E-state index in [1.54, 1.807) is 0 Å². The number of fused-ring (bicyclic) bond motifs is 1. The van der Waals surface area contributed by atoms with Crippen molar-refractivity contribution in [2.24, 2.45) is 12.0 Å². The molecule has 1 amide bonds. The Bertz CT molecular complexity index is 1070. The normalized spacial score (nSPS) is 12.0. The molecule has 0 radical (unpaired) electrons. The second kappa shape index (κ2) is 7.10. The number of rotatable bonds is 3. The molecule has 26 heavy (non-hydrogen) atoms. The first kappa shape index (κ1) is 16.5. The monoisotopic (exact) mass is 358 g/mol. The first-order valence-corrected chi connectivity index (χ1v) is 9.29. The molecule has 0 fully saturated rings. The summed E-state index contributed by atoms with van der Waals surface area (Å²) >= 11 is 1.54. The molecule has 4 rings (SSSR count). The van der Waals surface area contributed by atoms with Gasteiger partial charge in [-0.25, -0.2) is 0 Å². The summed E-state index contributed by atoms with van der Waals surface area (Å²) in [6, 6.07) is 27.8. The third kappa shape index (κ3) is 3.11. The van der Waals surface area contributed by atoms with Crippen LogP contribution in [0.2, 0.25) is 0 Å². The number of para-hydroxylation sites is 1. The maximum atomic E-state index is 13.2. The van der Waals surface area contributed by atoms with Gasteiger partial charge in [0.05, 0.1) is 16.1 Å². The maximum Gasteiger partial charge on any atom is 0.260 e. The molecule has 3 nitrogen and oxygen atoms in total. The summed E-state index contributed by atoms with van der Waals surface area (Å²) < 4.78 is 3.10. The van der Waals surface area contributed by atoms with E-state index in [0.717, 1.165) is 21.3 Å². The molecule has 1 aromatic heterocycles. The van der Waals surface area contributed by atoms with Crippen LogP contribution in [0, 0.1) is 0 Å². The third-order valence-electron chi connectivity index (χ3n) is 4.43. The van der Waals surface area contributed by atoms with Gasteiger partial charge in [-0.2, -0.15) is 4.99 Å². The van der Waals surface area contributed by atoms with Crippen molar-refractivity contribution >= 4 is 27.5 Å². The number of carbonyl (C=O) groups excluding carboxylic acids is 1. The van der Waals surface area contributed by atoms with Crippen LogP contribution < -0.4 is 4.80 Å². The van der Waals surface area contributed by atoms with Crippen molar-refractivity contribution in [3.63, 3.8) is 0 Å². The lowest BCUT2D eigenvalue weighted by atomic mass is 9.91. The van der Waals surface area contributed by atoms with E-state index in [-0.39, 0.29) is 5.91 Å². The maximum absolute atomic E-state index is 13.2. The Labute approximate surface area is 155 Å². The van der Waals surface area contributed by atoms with Crippen molar-refractivity contribution in [1.29, 1.82) is 0 Å². The Hall–Kier alpha value is -2.98. The van der Waals surface area contributed by atoms with Gasteiger partial charge in [-0.15, -0.1) is 0 Å². The first-order valence-electron chi connectivity index (χ1n) is 8.47. The number of hydrogen-bond acceptors (Lipinski definition) is 2. The molecule has 0 N–H and O–H groups in total. The predicted molar refractivity (Wildman–Crippen MR) is 106 cm³/mol. The number of hydrogen-bond donors (Lipinski definition) is 0. The molecule has 0 aliphatic rings. The van der Waals surface area contributed by atoms with Crippen molar-refractivity contribution in [2.75, 3.05) is 0 Å². The summed E-state index contributed by atoms with van der Waals surface area (Å²) in [5.41, 5.74) is 2.99. The van der Waals surface area contributed by atoms with Crippen LogP contribution in [0.4, 0.5) is 0 Å². The molecule has 1 heterocycles. The molecule has 0 unspecified atom stereocenters. The highest BCUT2D eigenvalue weighted by molar-refractivity contribution is 7.16. The van der Waals surface area contributed by atoms with Crippen LogP contribution >= 0.6 is 11.3 Å². The highest BCUT2D eigenvalue weighted by Gasteiger charge is 2.22. The summed E-state index contributed by atoms with van der Waals surface area (Å²) in [5, 5.41) is 0. The summed E-state index contributed by atoms with van der Waals surface area (Å²) in [6.07, 6.45) is 0. The van der Waals surface area contributed by atoms with E-state index < -0.39 is 5.92 Å². The molecular weight excluding hydrogens is 340 g/mol. The van der Waals surface area contributed by atoms with Crippen LogP contribution in [-0.2, 0) is 11.8 Å². The van der Waals surface area contributed by atoms with Gasteiger partial charge in [-0.1, -0.05) is 84.1 Å². The minimum Gasteiger partial charge on any atom is -0.319 e. The van der Waals surface area contributed by atoms with Gasteiger partial charge in [0, 0.05) is 7.05 Å². The summed E-state index contributed by atoms with van der Waals surface area (Å²) in [5.74, 6) is -0.549. The fourth-order valence-corrected chi connectivity index (χ4v) is 4.14.